The van der Waals surface area contributed by atoms with Crippen molar-refractivity contribution in [1.29, 1.82) is 0 Å². The van der Waals surface area contributed by atoms with E-state index in [1.807, 2.05) is 41.9 Å². The fourth-order valence-corrected chi connectivity index (χ4v) is 4.55. The first-order chi connectivity index (χ1) is 15.3. The largest absolute Gasteiger partial charge is 0.492 e. The topological polar surface area (TPSA) is 80.3 Å². The van der Waals surface area contributed by atoms with E-state index < -0.39 is 0 Å². The van der Waals surface area contributed by atoms with Crippen LogP contribution in [-0.2, 0) is 4.74 Å². The van der Waals surface area contributed by atoms with Gasteiger partial charge >= 0.3 is 0 Å². The van der Waals surface area contributed by atoms with Gasteiger partial charge in [0.05, 0.1) is 12.0 Å². The molecule has 3 aromatic heterocycles. The lowest BCUT2D eigenvalue weighted by atomic mass is 10.1. The Morgan fingerprint density at radius 2 is 2.13 bits per heavy atom. The van der Waals surface area contributed by atoms with Crippen LogP contribution in [0.1, 0.15) is 6.42 Å². The molecule has 7 nitrogen and oxygen atoms in total. The highest BCUT2D eigenvalue weighted by atomic mass is 32.1. The van der Waals surface area contributed by atoms with Gasteiger partial charge in [-0.25, -0.2) is 0 Å². The SMILES string of the molecule is O/N=c1\cc(-c2cc3sccc3cn2)oc2ccc(OCCN3CCCOCC3)cc12. The second kappa shape index (κ2) is 9.05. The lowest BCUT2D eigenvalue weighted by Crippen LogP contribution is -2.30. The van der Waals surface area contributed by atoms with Crippen LogP contribution < -0.4 is 10.1 Å². The van der Waals surface area contributed by atoms with Crippen LogP contribution in [0, 0.1) is 0 Å². The molecule has 1 N–H and O–H groups in total. The van der Waals surface area contributed by atoms with Gasteiger partial charge in [-0.3, -0.25) is 9.88 Å². The first kappa shape index (κ1) is 20.0. The first-order valence-corrected chi connectivity index (χ1v) is 11.2. The number of aromatic nitrogens is 1. The van der Waals surface area contributed by atoms with Gasteiger partial charge in [0.1, 0.15) is 29.0 Å². The summed E-state index contributed by atoms with van der Waals surface area (Å²) in [6.45, 7) is 4.99. The van der Waals surface area contributed by atoms with E-state index in [1.54, 1.807) is 17.4 Å². The molecule has 5 rings (SSSR count). The van der Waals surface area contributed by atoms with E-state index >= 15 is 0 Å². The zero-order chi connectivity index (χ0) is 21.0. The summed E-state index contributed by atoms with van der Waals surface area (Å²) in [5, 5.41) is 17.3. The van der Waals surface area contributed by atoms with Crippen molar-refractivity contribution < 1.29 is 19.1 Å². The Morgan fingerprint density at radius 3 is 3.06 bits per heavy atom. The monoisotopic (exact) mass is 437 g/mol. The fourth-order valence-electron chi connectivity index (χ4n) is 3.75. The highest BCUT2D eigenvalue weighted by Crippen LogP contribution is 2.27. The van der Waals surface area contributed by atoms with E-state index in [-0.39, 0.29) is 0 Å². The van der Waals surface area contributed by atoms with Crippen LogP contribution in [0.4, 0.5) is 0 Å². The van der Waals surface area contributed by atoms with Gasteiger partial charge < -0.3 is 19.1 Å². The number of hydrogen-bond donors (Lipinski definition) is 1. The molecule has 8 heteroatoms. The van der Waals surface area contributed by atoms with E-state index in [2.05, 4.69) is 15.0 Å². The molecule has 0 saturated carbocycles. The Kier molecular flexibility index (Phi) is 5.84. The summed E-state index contributed by atoms with van der Waals surface area (Å²) in [5.41, 5.74) is 1.30. The van der Waals surface area contributed by atoms with Crippen LogP contribution >= 0.6 is 11.3 Å². The molecule has 0 aliphatic carbocycles. The maximum atomic E-state index is 9.62. The normalized spacial score (nSPS) is 16.1. The molecule has 0 amide bonds. The molecule has 0 spiro atoms. The van der Waals surface area contributed by atoms with Crippen LogP contribution in [-0.4, -0.2) is 54.5 Å². The maximum Gasteiger partial charge on any atom is 0.155 e. The molecule has 1 fully saturated rings. The molecule has 1 aliphatic heterocycles. The van der Waals surface area contributed by atoms with E-state index in [4.69, 9.17) is 13.9 Å². The molecule has 0 bridgehead atoms. The number of thiophene rings is 1. The van der Waals surface area contributed by atoms with Crippen molar-refractivity contribution in [3.8, 4) is 17.2 Å². The van der Waals surface area contributed by atoms with Gasteiger partial charge in [0.25, 0.3) is 0 Å². The highest BCUT2D eigenvalue weighted by Gasteiger charge is 2.11. The van der Waals surface area contributed by atoms with Crippen molar-refractivity contribution in [3.63, 3.8) is 0 Å². The zero-order valence-corrected chi connectivity index (χ0v) is 17.8. The minimum absolute atomic E-state index is 0.416. The fraction of sp³-hybridized carbons (Fsp3) is 0.304. The molecule has 0 unspecified atom stereocenters. The van der Waals surface area contributed by atoms with Gasteiger partial charge in [-0.15, -0.1) is 11.3 Å². The number of benzene rings is 1. The third-order valence-corrected chi connectivity index (χ3v) is 6.28. The Balaban J connectivity index is 1.38. The predicted octanol–water partition coefficient (Wildman–Crippen LogP) is 4.10. The number of hydrogen-bond acceptors (Lipinski definition) is 8. The third-order valence-electron chi connectivity index (χ3n) is 5.40. The lowest BCUT2D eigenvalue weighted by Gasteiger charge is -2.19. The molecular formula is C23H23N3O4S. The van der Waals surface area contributed by atoms with Crippen molar-refractivity contribution in [2.24, 2.45) is 5.16 Å². The average Bonchev–Trinajstić information content (AvgIpc) is 3.12. The highest BCUT2D eigenvalue weighted by molar-refractivity contribution is 7.17. The molecule has 0 atom stereocenters. The maximum absolute atomic E-state index is 9.62. The van der Waals surface area contributed by atoms with Crippen molar-refractivity contribution in [3.05, 3.63) is 53.3 Å². The van der Waals surface area contributed by atoms with Crippen LogP contribution in [0.15, 0.2) is 57.5 Å². The first-order valence-electron chi connectivity index (χ1n) is 10.3. The molecule has 1 saturated heterocycles. The van der Waals surface area contributed by atoms with Crippen LogP contribution in [0.5, 0.6) is 5.75 Å². The quantitative estimate of drug-likeness (QED) is 0.374. The van der Waals surface area contributed by atoms with E-state index in [0.29, 0.717) is 40.1 Å². The summed E-state index contributed by atoms with van der Waals surface area (Å²) in [5.74, 6) is 1.26. The Bertz CT molecular complexity index is 1260. The molecule has 0 radical (unpaired) electrons. The minimum atomic E-state index is 0.416. The van der Waals surface area contributed by atoms with Crippen LogP contribution in [0.25, 0.3) is 32.5 Å². The minimum Gasteiger partial charge on any atom is -0.492 e. The van der Waals surface area contributed by atoms with Crippen molar-refractivity contribution in [1.82, 2.24) is 9.88 Å². The van der Waals surface area contributed by atoms with Gasteiger partial charge in [-0.1, -0.05) is 5.16 Å². The van der Waals surface area contributed by atoms with E-state index in [1.165, 1.54) is 0 Å². The summed E-state index contributed by atoms with van der Waals surface area (Å²) in [7, 11) is 0. The predicted molar refractivity (Wildman–Crippen MR) is 120 cm³/mol. The van der Waals surface area contributed by atoms with E-state index in [0.717, 1.165) is 49.4 Å². The molecule has 1 aromatic carbocycles. The number of rotatable bonds is 5. The van der Waals surface area contributed by atoms with Crippen molar-refractivity contribution >= 4 is 32.4 Å². The summed E-state index contributed by atoms with van der Waals surface area (Å²) >= 11 is 1.65. The summed E-state index contributed by atoms with van der Waals surface area (Å²) in [4.78, 5) is 6.84. The lowest BCUT2D eigenvalue weighted by molar-refractivity contribution is 0.137. The van der Waals surface area contributed by atoms with Crippen molar-refractivity contribution in [2.75, 3.05) is 39.5 Å². The molecule has 1 aliphatic rings. The molecular weight excluding hydrogens is 414 g/mol. The van der Waals surface area contributed by atoms with Gasteiger partial charge in [-0.05, 0) is 42.1 Å². The molecule has 4 aromatic rings. The summed E-state index contributed by atoms with van der Waals surface area (Å²) in [6, 6.07) is 11.3. The van der Waals surface area contributed by atoms with Crippen LogP contribution in [0.3, 0.4) is 0 Å². The standard InChI is InChI=1S/C23H23N3O4S/c27-25-19-13-22(20-14-23-16(15-24-20)4-11-31-23)30-21-3-2-17(12-18(19)21)29-10-7-26-5-1-8-28-9-6-26/h2-4,11-15,27H,1,5-10H2/b25-19+. The summed E-state index contributed by atoms with van der Waals surface area (Å²) in [6.07, 6.45) is 2.87. The van der Waals surface area contributed by atoms with Gasteiger partial charge in [0, 0.05) is 48.6 Å². The van der Waals surface area contributed by atoms with Gasteiger partial charge in [-0.2, -0.15) is 0 Å². The Morgan fingerprint density at radius 1 is 1.16 bits per heavy atom. The number of nitrogens with zero attached hydrogens (tertiary/aromatic N) is 3. The Hall–Kier alpha value is -2.94. The molecule has 31 heavy (non-hydrogen) atoms. The van der Waals surface area contributed by atoms with E-state index in [9.17, 15) is 5.21 Å². The smallest absolute Gasteiger partial charge is 0.155 e. The number of pyridine rings is 1. The summed E-state index contributed by atoms with van der Waals surface area (Å²) < 4.78 is 18.6. The second-order valence-electron chi connectivity index (χ2n) is 7.44. The zero-order valence-electron chi connectivity index (χ0n) is 17.0. The van der Waals surface area contributed by atoms with Crippen molar-refractivity contribution in [2.45, 2.75) is 6.42 Å². The molecule has 4 heterocycles. The molecule has 160 valence electrons. The average molecular weight is 438 g/mol. The second-order valence-corrected chi connectivity index (χ2v) is 8.39. The van der Waals surface area contributed by atoms with Gasteiger partial charge in [0.2, 0.25) is 0 Å². The number of fused-ring (bicyclic) bond motifs is 2. The third kappa shape index (κ3) is 4.41. The Labute approximate surface area is 183 Å². The van der Waals surface area contributed by atoms with Crippen LogP contribution in [0.2, 0.25) is 0 Å². The van der Waals surface area contributed by atoms with Gasteiger partial charge in [0.15, 0.2) is 5.76 Å². The number of ether oxygens (including phenoxy) is 2.